The Morgan fingerprint density at radius 1 is 0.794 bits per heavy atom. The number of unbranched alkanes of at least 4 members (excludes halogenated alkanes) is 1. The Balaban J connectivity index is 1.36. The number of para-hydroxylation sites is 1. The zero-order chi connectivity index (χ0) is 44.5. The van der Waals surface area contributed by atoms with Crippen molar-refractivity contribution in [3.05, 3.63) is 180 Å². The van der Waals surface area contributed by atoms with Crippen molar-refractivity contribution in [3.8, 4) is 11.5 Å². The van der Waals surface area contributed by atoms with Crippen LogP contribution in [0.4, 0.5) is 11.4 Å². The molecule has 1 aliphatic heterocycles. The number of nitrogens with zero attached hydrogens (tertiary/aromatic N) is 2. The molecule has 328 valence electrons. The molecule has 1 heterocycles. The van der Waals surface area contributed by atoms with Crippen LogP contribution in [0.1, 0.15) is 61.8 Å². The van der Waals surface area contributed by atoms with Crippen molar-refractivity contribution in [3.63, 3.8) is 0 Å². The second-order valence-electron chi connectivity index (χ2n) is 15.8. The van der Waals surface area contributed by atoms with Gasteiger partial charge in [0.25, 0.3) is 0 Å². The average molecular weight is 884 g/mol. The van der Waals surface area contributed by atoms with Gasteiger partial charge in [0.1, 0.15) is 29.0 Å². The third kappa shape index (κ3) is 9.38. The molecular weight excluding hydrogens is 827 g/mol. The molecule has 63 heavy (non-hydrogen) atoms. The molecule has 6 aromatic carbocycles. The molecule has 0 amide bonds. The maximum absolute atomic E-state index is 15.7. The van der Waals surface area contributed by atoms with Crippen LogP contribution in [0.5, 0.6) is 11.5 Å². The number of thioether (sulfide) groups is 1. The van der Waals surface area contributed by atoms with E-state index in [1.807, 2.05) is 158 Å². The van der Waals surface area contributed by atoms with E-state index in [0.29, 0.717) is 36.6 Å². The third-order valence-corrected chi connectivity index (χ3v) is 14.9. The number of hydrogen-bond acceptors (Lipinski definition) is 9. The first-order valence-corrected chi connectivity index (χ1v) is 24.2. The van der Waals surface area contributed by atoms with Crippen molar-refractivity contribution in [1.82, 2.24) is 9.62 Å². The lowest BCUT2D eigenvalue weighted by atomic mass is 9.76. The van der Waals surface area contributed by atoms with Crippen molar-refractivity contribution < 1.29 is 27.4 Å². The first-order valence-electron chi connectivity index (χ1n) is 21.5. The molecule has 0 fully saturated rings. The second kappa shape index (κ2) is 20.3. The van der Waals surface area contributed by atoms with E-state index in [2.05, 4.69) is 24.1 Å². The Labute approximate surface area is 377 Å². The number of anilines is 2. The molecule has 0 bridgehead atoms. The Hall–Kier alpha value is -5.59. The summed E-state index contributed by atoms with van der Waals surface area (Å²) in [5.41, 5.74) is 3.29. The third-order valence-electron chi connectivity index (χ3n) is 12.2. The zero-order valence-corrected chi connectivity index (χ0v) is 38.3. The molecule has 0 spiro atoms. The van der Waals surface area contributed by atoms with Gasteiger partial charge in [-0.1, -0.05) is 148 Å². The number of rotatable bonds is 18. The molecule has 0 saturated heterocycles. The van der Waals surface area contributed by atoms with Crippen LogP contribution in [-0.4, -0.2) is 63.9 Å². The van der Waals surface area contributed by atoms with Crippen LogP contribution in [0, 0.1) is 0 Å². The van der Waals surface area contributed by atoms with Gasteiger partial charge >= 0.3 is 5.97 Å². The standard InChI is InChI=1S/C52H57N3O6S2/c1-6-8-33-51(7-2)38-54(43-27-19-12-20-28-43)46-34-48(62-5)47(35-49(46)63(57,58)55(51)36-39-29-31-44(59-3)32-30-39)61-37-45(50(56)60-4)53-52(40-21-13-9-14-22-40,41-23-15-10-16-24-41)42-25-17-11-18-26-42/h9-32,34-35,45,53H,6-8,33,36-38H2,1-5H3/t45-,51?/m0/s1. The molecule has 1 unspecified atom stereocenters. The zero-order valence-electron chi connectivity index (χ0n) is 36.7. The van der Waals surface area contributed by atoms with Gasteiger partial charge in [-0.05, 0) is 71.7 Å². The highest BCUT2D eigenvalue weighted by atomic mass is 32.2. The number of benzene rings is 6. The van der Waals surface area contributed by atoms with Gasteiger partial charge < -0.3 is 19.1 Å². The maximum Gasteiger partial charge on any atom is 0.326 e. The molecule has 2 atom stereocenters. The lowest BCUT2D eigenvalue weighted by molar-refractivity contribution is -0.144. The van der Waals surface area contributed by atoms with E-state index in [-0.39, 0.29) is 18.0 Å². The molecule has 11 heteroatoms. The summed E-state index contributed by atoms with van der Waals surface area (Å²) in [5.74, 6) is 0.519. The Morgan fingerprint density at radius 3 is 1.84 bits per heavy atom. The largest absolute Gasteiger partial charge is 0.497 e. The highest BCUT2D eigenvalue weighted by Gasteiger charge is 2.48. The van der Waals surface area contributed by atoms with E-state index < -0.39 is 33.1 Å². The molecule has 7 rings (SSSR count). The summed E-state index contributed by atoms with van der Waals surface area (Å²) in [4.78, 5) is 17.0. The van der Waals surface area contributed by atoms with Crippen LogP contribution in [0.3, 0.4) is 0 Å². The monoisotopic (exact) mass is 883 g/mol. The number of carbonyl (C=O) groups is 1. The summed E-state index contributed by atoms with van der Waals surface area (Å²) in [7, 11) is -1.22. The molecule has 9 nitrogen and oxygen atoms in total. The van der Waals surface area contributed by atoms with Crippen molar-refractivity contribution in [2.75, 3.05) is 38.5 Å². The molecule has 0 aromatic heterocycles. The van der Waals surface area contributed by atoms with E-state index in [0.717, 1.165) is 45.7 Å². The van der Waals surface area contributed by atoms with Gasteiger partial charge in [0.05, 0.1) is 35.9 Å². The highest BCUT2D eigenvalue weighted by Crippen LogP contribution is 2.48. The summed E-state index contributed by atoms with van der Waals surface area (Å²) in [6.45, 7) is 4.68. The number of nitrogens with one attached hydrogen (secondary N) is 1. The molecule has 6 aromatic rings. The van der Waals surface area contributed by atoms with E-state index >= 15 is 8.42 Å². The lowest BCUT2D eigenvalue weighted by Crippen LogP contribution is -2.55. The van der Waals surface area contributed by atoms with Crippen molar-refractivity contribution in [2.45, 2.75) is 73.0 Å². The van der Waals surface area contributed by atoms with Gasteiger partial charge in [0, 0.05) is 24.8 Å². The van der Waals surface area contributed by atoms with Gasteiger partial charge in [0.15, 0.2) is 0 Å². The topological polar surface area (TPSA) is 97.4 Å². The predicted octanol–water partition coefficient (Wildman–Crippen LogP) is 10.6. The van der Waals surface area contributed by atoms with E-state index in [1.165, 1.54) is 18.9 Å². The Bertz CT molecular complexity index is 2430. The molecule has 0 radical (unpaired) electrons. The fourth-order valence-electron chi connectivity index (χ4n) is 8.77. The van der Waals surface area contributed by atoms with Gasteiger partial charge in [-0.15, -0.1) is 11.8 Å². The molecular formula is C52H57N3O6S2. The van der Waals surface area contributed by atoms with Crippen molar-refractivity contribution >= 4 is 39.1 Å². The van der Waals surface area contributed by atoms with Crippen molar-refractivity contribution in [2.24, 2.45) is 0 Å². The Kier molecular flexibility index (Phi) is 14.6. The summed E-state index contributed by atoms with van der Waals surface area (Å²) in [6.07, 6.45) is 4.98. The van der Waals surface area contributed by atoms with Crippen LogP contribution in [0.25, 0.3) is 0 Å². The first kappa shape index (κ1) is 45.4. The molecule has 1 N–H and O–H groups in total. The number of carbonyl (C=O) groups excluding carboxylic acids is 1. The minimum atomic E-state index is -4.20. The summed E-state index contributed by atoms with van der Waals surface area (Å²) >= 11 is 1.46. The summed E-state index contributed by atoms with van der Waals surface area (Å²) < 4.78 is 50.8. The van der Waals surface area contributed by atoms with Crippen LogP contribution in [-0.2, 0) is 31.6 Å². The maximum atomic E-state index is 15.7. The molecule has 0 aliphatic carbocycles. The number of hydrogen-bond donors (Lipinski definition) is 1. The van der Waals surface area contributed by atoms with Gasteiger partial charge in [0.2, 0.25) is 10.0 Å². The second-order valence-corrected chi connectivity index (χ2v) is 18.5. The normalized spacial score (nSPS) is 16.7. The number of methoxy groups -OCH3 is 2. The summed E-state index contributed by atoms with van der Waals surface area (Å²) in [5, 5.41) is 3.72. The molecule has 1 aliphatic rings. The van der Waals surface area contributed by atoms with Gasteiger partial charge in [-0.2, -0.15) is 4.31 Å². The minimum absolute atomic E-state index is 0.134. The summed E-state index contributed by atoms with van der Waals surface area (Å²) in [6, 6.07) is 50.2. The van der Waals surface area contributed by atoms with E-state index in [9.17, 15) is 4.79 Å². The SMILES string of the molecule is CCCCC1(CC)CN(c2ccccc2)c2cc(SC)c(OC[C@H](NC(c3ccccc3)(c3ccccc3)c3ccccc3)C(=O)OC)cc2S(=O)(=O)N1Cc1ccc(OC)cc1. The highest BCUT2D eigenvalue weighted by molar-refractivity contribution is 7.98. The fourth-order valence-corrected chi connectivity index (χ4v) is 11.4. The smallest absolute Gasteiger partial charge is 0.326 e. The fraction of sp³-hybridized carbons (Fsp3) is 0.288. The van der Waals surface area contributed by atoms with Crippen LogP contribution < -0.4 is 19.7 Å². The minimum Gasteiger partial charge on any atom is -0.497 e. The van der Waals surface area contributed by atoms with Crippen LogP contribution in [0.2, 0.25) is 0 Å². The van der Waals surface area contributed by atoms with Gasteiger partial charge in [-0.3, -0.25) is 10.1 Å². The number of ether oxygens (including phenoxy) is 3. The number of sulfonamides is 1. The van der Waals surface area contributed by atoms with Gasteiger partial charge in [-0.25, -0.2) is 8.42 Å². The average Bonchev–Trinajstić information content (AvgIpc) is 3.41. The first-order chi connectivity index (χ1) is 30.6. The van der Waals surface area contributed by atoms with Crippen LogP contribution in [0.15, 0.2) is 168 Å². The number of fused-ring (bicyclic) bond motifs is 1. The predicted molar refractivity (Wildman–Crippen MR) is 254 cm³/mol. The quantitative estimate of drug-likeness (QED) is 0.0514. The van der Waals surface area contributed by atoms with E-state index in [1.54, 1.807) is 17.5 Å². The van der Waals surface area contributed by atoms with Crippen molar-refractivity contribution in [1.29, 1.82) is 0 Å². The Morgan fingerprint density at radius 2 is 1.35 bits per heavy atom. The van der Waals surface area contributed by atoms with E-state index in [4.69, 9.17) is 14.2 Å². The molecule has 0 saturated carbocycles. The van der Waals surface area contributed by atoms with Crippen LogP contribution >= 0.6 is 11.8 Å². The number of esters is 1. The lowest BCUT2D eigenvalue weighted by Gasteiger charge is -2.43.